The maximum atomic E-state index is 11.8. The Hall–Kier alpha value is -0.850. The van der Waals surface area contributed by atoms with Crippen molar-refractivity contribution in [3.63, 3.8) is 0 Å². The van der Waals surface area contributed by atoms with Crippen LogP contribution in [0.1, 0.15) is 24.7 Å². The van der Waals surface area contributed by atoms with Crippen LogP contribution in [-0.4, -0.2) is 43.7 Å². The van der Waals surface area contributed by atoms with Gasteiger partial charge in [-0.1, -0.05) is 0 Å². The molecular formula is C12H19N3O2S. The first-order valence-electron chi connectivity index (χ1n) is 6.13. The molecule has 6 heteroatoms. The van der Waals surface area contributed by atoms with E-state index in [1.807, 2.05) is 11.8 Å². The van der Waals surface area contributed by atoms with E-state index in [0.717, 1.165) is 12.3 Å². The van der Waals surface area contributed by atoms with Gasteiger partial charge in [-0.25, -0.2) is 4.98 Å². The van der Waals surface area contributed by atoms with E-state index in [4.69, 9.17) is 5.11 Å². The number of aliphatic hydroxyl groups is 1. The standard InChI is InChI=1S/C12H19N3O2S/c1-8-11(3-4-16)18-7-15(8)6-10-5-13-9(2)14-12(10)17/h5,8,11,16H,3-4,6-7H2,1-2H3,(H,13,14,17)/t8-,11+/m0/s1. The maximum absolute atomic E-state index is 11.8. The summed E-state index contributed by atoms with van der Waals surface area (Å²) in [7, 11) is 0. The van der Waals surface area contributed by atoms with E-state index < -0.39 is 0 Å². The van der Waals surface area contributed by atoms with E-state index in [0.29, 0.717) is 29.2 Å². The highest BCUT2D eigenvalue weighted by Crippen LogP contribution is 2.31. The van der Waals surface area contributed by atoms with Gasteiger partial charge in [0.2, 0.25) is 0 Å². The Bertz CT molecular complexity index is 463. The first-order chi connectivity index (χ1) is 8.61. The highest BCUT2D eigenvalue weighted by atomic mass is 32.2. The lowest BCUT2D eigenvalue weighted by atomic mass is 10.1. The molecule has 2 rings (SSSR count). The number of aliphatic hydroxyl groups excluding tert-OH is 1. The zero-order valence-corrected chi connectivity index (χ0v) is 11.5. The SMILES string of the molecule is Cc1ncc(CN2CS[C@H](CCO)[C@@H]2C)c(=O)[nH]1. The number of nitrogens with zero attached hydrogens (tertiary/aromatic N) is 2. The van der Waals surface area contributed by atoms with Gasteiger partial charge >= 0.3 is 0 Å². The van der Waals surface area contributed by atoms with Gasteiger partial charge in [0, 0.05) is 42.1 Å². The van der Waals surface area contributed by atoms with E-state index in [1.165, 1.54) is 0 Å². The lowest BCUT2D eigenvalue weighted by molar-refractivity contribution is 0.226. The predicted molar refractivity (Wildman–Crippen MR) is 72.5 cm³/mol. The second-order valence-electron chi connectivity index (χ2n) is 4.66. The van der Waals surface area contributed by atoms with Gasteiger partial charge in [0.25, 0.3) is 5.56 Å². The summed E-state index contributed by atoms with van der Waals surface area (Å²) in [6, 6.07) is 0.378. The quantitative estimate of drug-likeness (QED) is 0.843. The Kier molecular flexibility index (Phi) is 4.42. The first-order valence-corrected chi connectivity index (χ1v) is 7.18. The minimum absolute atomic E-state index is 0.0506. The van der Waals surface area contributed by atoms with Crippen molar-refractivity contribution in [1.82, 2.24) is 14.9 Å². The van der Waals surface area contributed by atoms with E-state index in [9.17, 15) is 4.79 Å². The maximum Gasteiger partial charge on any atom is 0.255 e. The number of rotatable bonds is 4. The molecule has 2 atom stereocenters. The monoisotopic (exact) mass is 269 g/mol. The van der Waals surface area contributed by atoms with Gasteiger partial charge in [0.1, 0.15) is 5.82 Å². The summed E-state index contributed by atoms with van der Waals surface area (Å²) in [6.45, 7) is 4.77. The van der Waals surface area contributed by atoms with Crippen molar-refractivity contribution in [1.29, 1.82) is 0 Å². The molecular weight excluding hydrogens is 250 g/mol. The number of hydrogen-bond donors (Lipinski definition) is 2. The van der Waals surface area contributed by atoms with E-state index in [-0.39, 0.29) is 12.2 Å². The molecule has 1 fully saturated rings. The average Bonchev–Trinajstić information content (AvgIpc) is 2.66. The fourth-order valence-electron chi connectivity index (χ4n) is 2.17. The zero-order valence-electron chi connectivity index (χ0n) is 10.7. The van der Waals surface area contributed by atoms with E-state index >= 15 is 0 Å². The Balaban J connectivity index is 2.04. The second kappa shape index (κ2) is 5.86. The molecule has 1 aliphatic heterocycles. The summed E-state index contributed by atoms with van der Waals surface area (Å²) in [5, 5.41) is 9.45. The van der Waals surface area contributed by atoms with Crippen LogP contribution < -0.4 is 5.56 Å². The number of aromatic nitrogens is 2. The molecule has 1 aliphatic rings. The normalized spacial score (nSPS) is 24.6. The van der Waals surface area contributed by atoms with Crippen LogP contribution >= 0.6 is 11.8 Å². The molecule has 18 heavy (non-hydrogen) atoms. The number of nitrogens with one attached hydrogen (secondary N) is 1. The van der Waals surface area contributed by atoms with Gasteiger partial charge in [-0.2, -0.15) is 0 Å². The molecule has 0 aliphatic carbocycles. The van der Waals surface area contributed by atoms with Crippen LogP contribution in [0.25, 0.3) is 0 Å². The molecule has 1 aromatic rings. The fourth-order valence-corrected chi connectivity index (χ4v) is 3.60. The van der Waals surface area contributed by atoms with Gasteiger partial charge in [-0.3, -0.25) is 9.69 Å². The summed E-state index contributed by atoms with van der Waals surface area (Å²) in [5.74, 6) is 1.55. The lowest BCUT2D eigenvalue weighted by Crippen LogP contribution is -2.34. The Morgan fingerprint density at radius 2 is 2.44 bits per heavy atom. The van der Waals surface area contributed by atoms with Crippen LogP contribution in [0.4, 0.5) is 0 Å². The second-order valence-corrected chi connectivity index (χ2v) is 5.85. The molecule has 1 saturated heterocycles. The summed E-state index contributed by atoms with van der Waals surface area (Å²) < 4.78 is 0. The van der Waals surface area contributed by atoms with Gasteiger partial charge in [-0.05, 0) is 20.3 Å². The summed E-state index contributed by atoms with van der Waals surface area (Å²) in [6.07, 6.45) is 2.47. The molecule has 0 saturated carbocycles. The Labute approximate surface area is 111 Å². The number of H-pyrrole nitrogens is 1. The zero-order chi connectivity index (χ0) is 13.1. The third-order valence-corrected chi connectivity index (χ3v) is 4.89. The first kappa shape index (κ1) is 13.6. The number of thioether (sulfide) groups is 1. The number of aryl methyl sites for hydroxylation is 1. The van der Waals surface area contributed by atoms with Crippen molar-refractivity contribution in [3.8, 4) is 0 Å². The van der Waals surface area contributed by atoms with E-state index in [2.05, 4.69) is 21.8 Å². The molecule has 5 nitrogen and oxygen atoms in total. The molecule has 0 bridgehead atoms. The van der Waals surface area contributed by atoms with Crippen LogP contribution in [0, 0.1) is 6.92 Å². The highest BCUT2D eigenvalue weighted by Gasteiger charge is 2.31. The summed E-state index contributed by atoms with van der Waals surface area (Å²) in [5.41, 5.74) is 0.656. The molecule has 0 aromatic carbocycles. The number of aromatic amines is 1. The van der Waals surface area contributed by atoms with Gasteiger partial charge < -0.3 is 10.1 Å². The molecule has 2 heterocycles. The van der Waals surface area contributed by atoms with Gasteiger partial charge in [0.05, 0.1) is 0 Å². The van der Waals surface area contributed by atoms with Gasteiger partial charge in [-0.15, -0.1) is 11.8 Å². The minimum Gasteiger partial charge on any atom is -0.396 e. The van der Waals surface area contributed by atoms with Crippen LogP contribution in [-0.2, 0) is 6.54 Å². The lowest BCUT2D eigenvalue weighted by Gasteiger charge is -2.22. The van der Waals surface area contributed by atoms with Crippen molar-refractivity contribution in [2.24, 2.45) is 0 Å². The molecule has 2 N–H and O–H groups in total. The summed E-state index contributed by atoms with van der Waals surface area (Å²) >= 11 is 1.84. The van der Waals surface area contributed by atoms with Crippen LogP contribution in [0.5, 0.6) is 0 Å². The third-order valence-electron chi connectivity index (χ3n) is 3.36. The smallest absolute Gasteiger partial charge is 0.255 e. The van der Waals surface area contributed by atoms with Crippen molar-refractivity contribution < 1.29 is 5.11 Å². The topological polar surface area (TPSA) is 69.2 Å². The molecule has 1 aromatic heterocycles. The minimum atomic E-state index is -0.0506. The summed E-state index contributed by atoms with van der Waals surface area (Å²) in [4.78, 5) is 20.9. The van der Waals surface area contributed by atoms with Crippen molar-refractivity contribution in [2.45, 2.75) is 38.1 Å². The fraction of sp³-hybridized carbons (Fsp3) is 0.667. The van der Waals surface area contributed by atoms with Crippen LogP contribution in [0.3, 0.4) is 0 Å². The van der Waals surface area contributed by atoms with Crippen LogP contribution in [0.2, 0.25) is 0 Å². The largest absolute Gasteiger partial charge is 0.396 e. The Morgan fingerprint density at radius 1 is 1.67 bits per heavy atom. The highest BCUT2D eigenvalue weighted by molar-refractivity contribution is 8.00. The molecule has 0 amide bonds. The molecule has 0 unspecified atom stereocenters. The van der Waals surface area contributed by atoms with Crippen molar-refractivity contribution in [2.75, 3.05) is 12.5 Å². The van der Waals surface area contributed by atoms with Crippen molar-refractivity contribution in [3.05, 3.63) is 27.9 Å². The molecule has 0 radical (unpaired) electrons. The predicted octanol–water partition coefficient (Wildman–Crippen LogP) is 0.724. The van der Waals surface area contributed by atoms with Crippen molar-refractivity contribution >= 4 is 11.8 Å². The Morgan fingerprint density at radius 3 is 3.11 bits per heavy atom. The molecule has 0 spiro atoms. The van der Waals surface area contributed by atoms with E-state index in [1.54, 1.807) is 13.1 Å². The average molecular weight is 269 g/mol. The van der Waals surface area contributed by atoms with Gasteiger partial charge in [0.15, 0.2) is 0 Å². The third kappa shape index (κ3) is 2.93. The number of hydrogen-bond acceptors (Lipinski definition) is 5. The molecule has 100 valence electrons. The van der Waals surface area contributed by atoms with Crippen LogP contribution in [0.15, 0.2) is 11.0 Å².